The lowest BCUT2D eigenvalue weighted by Gasteiger charge is -2.17. The van der Waals surface area contributed by atoms with Crippen molar-refractivity contribution in [3.05, 3.63) is 57.6 Å². The number of hydrogen-bond acceptors (Lipinski definition) is 4. The maximum absolute atomic E-state index is 12.9. The molecule has 1 amide bonds. The number of anilines is 1. The van der Waals surface area contributed by atoms with Crippen LogP contribution < -0.4 is 14.8 Å². The fourth-order valence-corrected chi connectivity index (χ4v) is 3.12. The molecule has 0 aliphatic carbocycles. The van der Waals surface area contributed by atoms with E-state index in [4.69, 9.17) is 9.47 Å². The summed E-state index contributed by atoms with van der Waals surface area (Å²) < 4.78 is 50.5. The van der Waals surface area contributed by atoms with Crippen LogP contribution in [0.1, 0.15) is 31.9 Å². The normalized spacial score (nSPS) is 11.8. The van der Waals surface area contributed by atoms with Crippen LogP contribution in [0.15, 0.2) is 46.4 Å². The number of carbonyl (C=O) groups excluding carboxylic acids is 1. The zero-order valence-corrected chi connectivity index (χ0v) is 18.6. The summed E-state index contributed by atoms with van der Waals surface area (Å²) >= 11 is 3.40. The van der Waals surface area contributed by atoms with Crippen molar-refractivity contribution in [2.45, 2.75) is 33.1 Å². The molecule has 5 nitrogen and oxygen atoms in total. The van der Waals surface area contributed by atoms with Crippen molar-refractivity contribution >= 4 is 33.6 Å². The minimum absolute atomic E-state index is 0.0714. The molecule has 0 spiro atoms. The van der Waals surface area contributed by atoms with E-state index in [0.29, 0.717) is 28.1 Å². The lowest BCUT2D eigenvalue weighted by molar-refractivity contribution is -0.137. The van der Waals surface area contributed by atoms with Crippen molar-refractivity contribution in [1.82, 2.24) is 0 Å². The van der Waals surface area contributed by atoms with Gasteiger partial charge in [0.2, 0.25) is 0 Å². The second-order valence-electron chi connectivity index (χ2n) is 6.63. The van der Waals surface area contributed by atoms with E-state index in [1.807, 2.05) is 13.8 Å². The Kier molecular flexibility index (Phi) is 8.11. The number of nitrogens with one attached hydrogen (secondary N) is 1. The third kappa shape index (κ3) is 6.76. The zero-order chi connectivity index (χ0) is 23.2. The Balaban J connectivity index is 2.34. The standard InChI is InChI=1S/C22H20BrF3N2O3/c1-4-30-19-10-14(9-18(23)20(19)31-13(2)3)8-15(12-27)21(29)28-17-7-5-6-16(11-17)22(24,25)26/h5-11,13H,4H2,1-3H3,(H,28,29)/b15-8+. The Morgan fingerprint density at radius 1 is 1.29 bits per heavy atom. The monoisotopic (exact) mass is 496 g/mol. The molecular weight excluding hydrogens is 477 g/mol. The van der Waals surface area contributed by atoms with Crippen LogP contribution in [0.3, 0.4) is 0 Å². The van der Waals surface area contributed by atoms with Crippen LogP contribution >= 0.6 is 15.9 Å². The van der Waals surface area contributed by atoms with Crippen LogP contribution in [0.4, 0.5) is 18.9 Å². The molecular formula is C22H20BrF3N2O3. The summed E-state index contributed by atoms with van der Waals surface area (Å²) in [5.74, 6) is 0.0757. The van der Waals surface area contributed by atoms with Gasteiger partial charge in [-0.3, -0.25) is 4.79 Å². The van der Waals surface area contributed by atoms with Gasteiger partial charge in [0.25, 0.3) is 5.91 Å². The molecule has 0 atom stereocenters. The van der Waals surface area contributed by atoms with Crippen LogP contribution in [0.25, 0.3) is 6.08 Å². The molecule has 164 valence electrons. The molecule has 0 fully saturated rings. The van der Waals surface area contributed by atoms with E-state index in [9.17, 15) is 23.2 Å². The minimum atomic E-state index is -4.55. The molecule has 31 heavy (non-hydrogen) atoms. The van der Waals surface area contributed by atoms with Crippen molar-refractivity contribution in [3.8, 4) is 17.6 Å². The van der Waals surface area contributed by atoms with Crippen LogP contribution in [-0.4, -0.2) is 18.6 Å². The van der Waals surface area contributed by atoms with Gasteiger partial charge in [-0.05, 0) is 78.7 Å². The van der Waals surface area contributed by atoms with Gasteiger partial charge in [0, 0.05) is 5.69 Å². The first-order valence-corrected chi connectivity index (χ1v) is 10.1. The molecule has 0 saturated carbocycles. The molecule has 2 rings (SSSR count). The molecule has 0 saturated heterocycles. The van der Waals surface area contributed by atoms with Gasteiger partial charge in [0.1, 0.15) is 11.6 Å². The van der Waals surface area contributed by atoms with Gasteiger partial charge in [0.05, 0.1) is 22.7 Å². The number of carbonyl (C=O) groups is 1. The molecule has 1 N–H and O–H groups in total. The van der Waals surface area contributed by atoms with Crippen molar-refractivity contribution in [1.29, 1.82) is 5.26 Å². The molecule has 0 heterocycles. The number of hydrogen-bond donors (Lipinski definition) is 1. The molecule has 0 unspecified atom stereocenters. The van der Waals surface area contributed by atoms with Crippen LogP contribution in [0.2, 0.25) is 0 Å². The predicted molar refractivity (Wildman–Crippen MR) is 115 cm³/mol. The van der Waals surface area contributed by atoms with Gasteiger partial charge in [-0.15, -0.1) is 0 Å². The largest absolute Gasteiger partial charge is 0.490 e. The van der Waals surface area contributed by atoms with E-state index < -0.39 is 17.6 Å². The fourth-order valence-electron chi connectivity index (χ4n) is 2.57. The number of nitriles is 1. The van der Waals surface area contributed by atoms with Gasteiger partial charge < -0.3 is 14.8 Å². The molecule has 2 aromatic rings. The maximum Gasteiger partial charge on any atom is 0.416 e. The Labute approximate surface area is 186 Å². The molecule has 0 aromatic heterocycles. The average molecular weight is 497 g/mol. The molecule has 2 aromatic carbocycles. The van der Waals surface area contributed by atoms with Crippen LogP contribution in [0, 0.1) is 11.3 Å². The summed E-state index contributed by atoms with van der Waals surface area (Å²) in [6.07, 6.45) is -3.34. The molecule has 9 heteroatoms. The smallest absolute Gasteiger partial charge is 0.416 e. The van der Waals surface area contributed by atoms with E-state index in [1.54, 1.807) is 25.1 Å². The van der Waals surface area contributed by atoms with E-state index >= 15 is 0 Å². The van der Waals surface area contributed by atoms with Crippen molar-refractivity contribution in [2.24, 2.45) is 0 Å². The molecule has 0 aliphatic heterocycles. The quantitative estimate of drug-likeness (QED) is 0.365. The lowest BCUT2D eigenvalue weighted by Crippen LogP contribution is -2.14. The summed E-state index contributed by atoms with van der Waals surface area (Å²) in [5, 5.41) is 11.7. The number of ether oxygens (including phenoxy) is 2. The molecule has 0 radical (unpaired) electrons. The second kappa shape index (κ2) is 10.4. The summed E-state index contributed by atoms with van der Waals surface area (Å²) in [6, 6.07) is 9.21. The first-order chi connectivity index (χ1) is 14.5. The molecule has 0 bridgehead atoms. The summed E-state index contributed by atoms with van der Waals surface area (Å²) in [7, 11) is 0. The number of benzene rings is 2. The van der Waals surface area contributed by atoms with Crippen molar-refractivity contribution < 1.29 is 27.4 Å². The highest BCUT2D eigenvalue weighted by Crippen LogP contribution is 2.38. The van der Waals surface area contributed by atoms with E-state index in [2.05, 4.69) is 21.2 Å². The molecule has 0 aliphatic rings. The summed E-state index contributed by atoms with van der Waals surface area (Å²) in [4.78, 5) is 12.5. The van der Waals surface area contributed by atoms with E-state index in [0.717, 1.165) is 12.1 Å². The number of alkyl halides is 3. The highest BCUT2D eigenvalue weighted by Gasteiger charge is 2.30. The minimum Gasteiger partial charge on any atom is -0.490 e. The number of amides is 1. The average Bonchev–Trinajstić information content (AvgIpc) is 2.68. The predicted octanol–water partition coefficient (Wildman–Crippen LogP) is 6.20. The third-order valence-electron chi connectivity index (χ3n) is 3.81. The SMILES string of the molecule is CCOc1cc(/C=C(\C#N)C(=O)Nc2cccc(C(F)(F)F)c2)cc(Br)c1OC(C)C. The van der Waals surface area contributed by atoms with Gasteiger partial charge in [0.15, 0.2) is 11.5 Å². The van der Waals surface area contributed by atoms with Crippen LogP contribution in [-0.2, 0) is 11.0 Å². The summed E-state index contributed by atoms with van der Waals surface area (Å²) in [5.41, 5.74) is -0.789. The lowest BCUT2D eigenvalue weighted by atomic mass is 10.1. The Hall–Kier alpha value is -2.99. The first-order valence-electron chi connectivity index (χ1n) is 9.28. The fraction of sp³-hybridized carbons (Fsp3) is 0.273. The van der Waals surface area contributed by atoms with Gasteiger partial charge in [-0.1, -0.05) is 6.07 Å². The third-order valence-corrected chi connectivity index (χ3v) is 4.40. The van der Waals surface area contributed by atoms with Crippen molar-refractivity contribution in [3.63, 3.8) is 0 Å². The van der Waals surface area contributed by atoms with Crippen molar-refractivity contribution in [2.75, 3.05) is 11.9 Å². The first kappa shape index (κ1) is 24.3. The Bertz CT molecular complexity index is 1030. The van der Waals surface area contributed by atoms with E-state index in [1.165, 1.54) is 18.2 Å². The van der Waals surface area contributed by atoms with Gasteiger partial charge in [-0.2, -0.15) is 18.4 Å². The Morgan fingerprint density at radius 3 is 2.58 bits per heavy atom. The van der Waals surface area contributed by atoms with Gasteiger partial charge >= 0.3 is 6.18 Å². The highest BCUT2D eigenvalue weighted by molar-refractivity contribution is 9.10. The van der Waals surface area contributed by atoms with Gasteiger partial charge in [-0.25, -0.2) is 0 Å². The maximum atomic E-state index is 12.9. The second-order valence-corrected chi connectivity index (χ2v) is 7.49. The summed E-state index contributed by atoms with van der Waals surface area (Å²) in [6.45, 7) is 5.90. The number of halogens is 4. The Morgan fingerprint density at radius 2 is 2.00 bits per heavy atom. The highest BCUT2D eigenvalue weighted by atomic mass is 79.9. The van der Waals surface area contributed by atoms with Crippen LogP contribution in [0.5, 0.6) is 11.5 Å². The number of nitrogens with zero attached hydrogens (tertiary/aromatic N) is 1. The topological polar surface area (TPSA) is 71.3 Å². The zero-order valence-electron chi connectivity index (χ0n) is 17.0. The number of rotatable bonds is 7. The van der Waals surface area contributed by atoms with E-state index in [-0.39, 0.29) is 17.4 Å².